The van der Waals surface area contributed by atoms with E-state index in [1.165, 1.54) is 6.33 Å². The molecule has 6 nitrogen and oxygen atoms in total. The molecule has 0 fully saturated rings. The summed E-state index contributed by atoms with van der Waals surface area (Å²) in [6.45, 7) is 0.713. The van der Waals surface area contributed by atoms with Crippen molar-refractivity contribution in [1.29, 1.82) is 0 Å². The van der Waals surface area contributed by atoms with E-state index in [0.717, 1.165) is 16.9 Å². The summed E-state index contributed by atoms with van der Waals surface area (Å²) < 4.78 is 1.68. The lowest BCUT2D eigenvalue weighted by Gasteiger charge is -2.09. The molecule has 0 bridgehead atoms. The Morgan fingerprint density at radius 3 is 2.67 bits per heavy atom. The number of carbonyl (C=O) groups is 1. The maximum atomic E-state index is 11.9. The Bertz CT molecular complexity index is 762. The molecule has 0 atom stereocenters. The minimum atomic E-state index is -0.0555. The highest BCUT2D eigenvalue weighted by atomic mass is 35.5. The average molecular weight is 344 g/mol. The number of nitrogens with zero attached hydrogens (tertiary/aromatic N) is 3. The number of halogens is 1. The molecule has 2 N–H and O–H groups in total. The first-order chi connectivity index (χ1) is 11.3. The highest BCUT2D eigenvalue weighted by Gasteiger charge is 2.03. The number of nitrogens with one attached hydrogen (secondary N) is 2. The first-order valence-electron chi connectivity index (χ1n) is 7.31. The Kier molecular flexibility index (Phi) is 6.33. The lowest BCUT2D eigenvalue weighted by molar-refractivity contribution is -0.119. The normalized spacial score (nSPS) is 9.83. The van der Waals surface area contributed by atoms with E-state index in [0.29, 0.717) is 6.54 Å². The Morgan fingerprint density at radius 1 is 1.08 bits per heavy atom. The van der Waals surface area contributed by atoms with E-state index in [9.17, 15) is 4.79 Å². The van der Waals surface area contributed by atoms with Gasteiger partial charge in [0.1, 0.15) is 12.7 Å². The fourth-order valence-corrected chi connectivity index (χ4v) is 2.15. The van der Waals surface area contributed by atoms with E-state index >= 15 is 0 Å². The van der Waals surface area contributed by atoms with Gasteiger partial charge in [-0.05, 0) is 29.8 Å². The van der Waals surface area contributed by atoms with Gasteiger partial charge in [0.05, 0.1) is 12.2 Å². The summed E-state index contributed by atoms with van der Waals surface area (Å²) in [7, 11) is 0. The van der Waals surface area contributed by atoms with Crippen LogP contribution in [-0.2, 0) is 11.3 Å². The zero-order valence-corrected chi connectivity index (χ0v) is 13.7. The Morgan fingerprint density at radius 2 is 1.92 bits per heavy atom. The third-order valence-electron chi connectivity index (χ3n) is 3.31. The third kappa shape index (κ3) is 4.82. The SMILES string of the molecule is Cl.O=C(CNc1ccccc1)NCc1cccc(-n2cncn2)c1. The molecule has 0 aliphatic heterocycles. The second kappa shape index (κ2) is 8.69. The van der Waals surface area contributed by atoms with E-state index in [1.807, 2.05) is 54.6 Å². The fourth-order valence-electron chi connectivity index (χ4n) is 2.15. The van der Waals surface area contributed by atoms with Gasteiger partial charge in [0.25, 0.3) is 0 Å². The van der Waals surface area contributed by atoms with Gasteiger partial charge in [0.2, 0.25) is 5.91 Å². The van der Waals surface area contributed by atoms with Crippen LogP contribution in [0.5, 0.6) is 0 Å². The Hall–Kier alpha value is -2.86. The summed E-state index contributed by atoms with van der Waals surface area (Å²) in [5.41, 5.74) is 2.85. The van der Waals surface area contributed by atoms with Gasteiger partial charge in [0, 0.05) is 12.2 Å². The quantitative estimate of drug-likeness (QED) is 0.721. The van der Waals surface area contributed by atoms with Gasteiger partial charge in [-0.2, -0.15) is 5.10 Å². The van der Waals surface area contributed by atoms with Crippen LogP contribution in [0.2, 0.25) is 0 Å². The number of hydrogen-bond acceptors (Lipinski definition) is 4. The van der Waals surface area contributed by atoms with E-state index in [2.05, 4.69) is 20.7 Å². The largest absolute Gasteiger partial charge is 0.376 e. The van der Waals surface area contributed by atoms with Gasteiger partial charge in [-0.1, -0.05) is 30.3 Å². The molecular formula is C17H18ClN5O. The van der Waals surface area contributed by atoms with Gasteiger partial charge in [0.15, 0.2) is 0 Å². The summed E-state index contributed by atoms with van der Waals surface area (Å²) in [5, 5.41) is 10.1. The predicted molar refractivity (Wildman–Crippen MR) is 95.4 cm³/mol. The van der Waals surface area contributed by atoms with Gasteiger partial charge >= 0.3 is 0 Å². The minimum absolute atomic E-state index is 0. The molecule has 2 aromatic carbocycles. The molecule has 3 aromatic rings. The van der Waals surface area contributed by atoms with Crippen LogP contribution in [0.3, 0.4) is 0 Å². The third-order valence-corrected chi connectivity index (χ3v) is 3.31. The van der Waals surface area contributed by atoms with Gasteiger partial charge < -0.3 is 10.6 Å². The topological polar surface area (TPSA) is 71.8 Å². The molecule has 0 aliphatic carbocycles. The molecule has 7 heteroatoms. The monoisotopic (exact) mass is 343 g/mol. The number of hydrogen-bond donors (Lipinski definition) is 2. The molecule has 0 aliphatic rings. The fraction of sp³-hybridized carbons (Fsp3) is 0.118. The van der Waals surface area contributed by atoms with Crippen molar-refractivity contribution in [2.45, 2.75) is 6.54 Å². The number of anilines is 1. The van der Waals surface area contributed by atoms with E-state index in [1.54, 1.807) is 11.0 Å². The lowest BCUT2D eigenvalue weighted by Crippen LogP contribution is -2.29. The summed E-state index contributed by atoms with van der Waals surface area (Å²) >= 11 is 0. The number of amides is 1. The van der Waals surface area contributed by atoms with Crippen LogP contribution >= 0.6 is 12.4 Å². The highest BCUT2D eigenvalue weighted by Crippen LogP contribution is 2.09. The first-order valence-corrected chi connectivity index (χ1v) is 7.31. The van der Waals surface area contributed by atoms with Crippen molar-refractivity contribution in [3.63, 3.8) is 0 Å². The minimum Gasteiger partial charge on any atom is -0.376 e. The molecule has 1 heterocycles. The number of para-hydroxylation sites is 1. The van der Waals surface area contributed by atoms with Crippen molar-refractivity contribution >= 4 is 24.0 Å². The van der Waals surface area contributed by atoms with Crippen LogP contribution in [0.1, 0.15) is 5.56 Å². The first kappa shape index (κ1) is 17.5. The van der Waals surface area contributed by atoms with E-state index < -0.39 is 0 Å². The number of carbonyl (C=O) groups excluding carboxylic acids is 1. The zero-order valence-electron chi connectivity index (χ0n) is 12.9. The second-order valence-corrected chi connectivity index (χ2v) is 5.01. The Balaban J connectivity index is 0.00000208. The van der Waals surface area contributed by atoms with Crippen LogP contribution in [0.25, 0.3) is 5.69 Å². The molecule has 24 heavy (non-hydrogen) atoms. The number of aromatic nitrogens is 3. The van der Waals surface area contributed by atoms with Gasteiger partial charge in [-0.3, -0.25) is 4.79 Å². The van der Waals surface area contributed by atoms with Crippen LogP contribution in [-0.4, -0.2) is 27.2 Å². The number of benzene rings is 2. The molecule has 0 radical (unpaired) electrons. The van der Waals surface area contributed by atoms with Crippen molar-refractivity contribution in [3.8, 4) is 5.69 Å². The van der Waals surface area contributed by atoms with Gasteiger partial charge in [-0.15, -0.1) is 12.4 Å². The van der Waals surface area contributed by atoms with Crippen molar-refractivity contribution in [3.05, 3.63) is 72.8 Å². The van der Waals surface area contributed by atoms with Crippen LogP contribution in [0.4, 0.5) is 5.69 Å². The average Bonchev–Trinajstić information content (AvgIpc) is 3.14. The molecule has 124 valence electrons. The molecular weight excluding hydrogens is 326 g/mol. The van der Waals surface area contributed by atoms with Gasteiger partial charge in [-0.25, -0.2) is 9.67 Å². The summed E-state index contributed by atoms with van der Waals surface area (Å²) in [5.74, 6) is -0.0555. The molecule has 3 rings (SSSR count). The summed E-state index contributed by atoms with van der Waals surface area (Å²) in [6.07, 6.45) is 3.13. The summed E-state index contributed by atoms with van der Waals surface area (Å²) in [4.78, 5) is 15.8. The van der Waals surface area contributed by atoms with Crippen molar-refractivity contribution < 1.29 is 4.79 Å². The summed E-state index contributed by atoms with van der Waals surface area (Å²) in [6, 6.07) is 17.4. The second-order valence-electron chi connectivity index (χ2n) is 5.01. The molecule has 0 saturated carbocycles. The molecule has 1 aromatic heterocycles. The Labute approximate surface area is 146 Å². The maximum Gasteiger partial charge on any atom is 0.239 e. The highest BCUT2D eigenvalue weighted by molar-refractivity contribution is 5.85. The maximum absolute atomic E-state index is 11.9. The molecule has 0 spiro atoms. The zero-order chi connectivity index (χ0) is 15.9. The van der Waals surface area contributed by atoms with Crippen LogP contribution in [0.15, 0.2) is 67.3 Å². The smallest absolute Gasteiger partial charge is 0.239 e. The lowest BCUT2D eigenvalue weighted by atomic mass is 10.2. The van der Waals surface area contributed by atoms with E-state index in [-0.39, 0.29) is 24.9 Å². The van der Waals surface area contributed by atoms with Crippen molar-refractivity contribution in [1.82, 2.24) is 20.1 Å². The van der Waals surface area contributed by atoms with Crippen LogP contribution in [0, 0.1) is 0 Å². The van der Waals surface area contributed by atoms with E-state index in [4.69, 9.17) is 0 Å². The molecule has 0 unspecified atom stereocenters. The molecule has 1 amide bonds. The van der Waals surface area contributed by atoms with Crippen molar-refractivity contribution in [2.24, 2.45) is 0 Å². The standard InChI is InChI=1S/C17H17N5O.ClH/c23-17(11-19-15-6-2-1-3-7-15)20-10-14-5-4-8-16(9-14)22-13-18-12-21-22;/h1-9,12-13,19H,10-11H2,(H,20,23);1H. The molecule has 0 saturated heterocycles. The van der Waals surface area contributed by atoms with Crippen LogP contribution < -0.4 is 10.6 Å². The number of rotatable bonds is 6. The van der Waals surface area contributed by atoms with Crippen molar-refractivity contribution in [2.75, 3.05) is 11.9 Å². The predicted octanol–water partition coefficient (Wildman–Crippen LogP) is 2.42.